The van der Waals surface area contributed by atoms with E-state index in [1.807, 2.05) is 0 Å². The lowest BCUT2D eigenvalue weighted by atomic mass is 10.1. The summed E-state index contributed by atoms with van der Waals surface area (Å²) >= 11 is 3.31. The molecule has 2 aromatic carbocycles. The van der Waals surface area contributed by atoms with E-state index in [0.29, 0.717) is 11.8 Å². The Morgan fingerprint density at radius 3 is 2.38 bits per heavy atom. The summed E-state index contributed by atoms with van der Waals surface area (Å²) in [4.78, 5) is 0.228. The number of rotatable bonds is 6. The minimum absolute atomic E-state index is 0.228. The average Bonchev–Trinajstić information content (AvgIpc) is 2.47. The van der Waals surface area contributed by atoms with E-state index in [1.165, 1.54) is 12.1 Å². The van der Waals surface area contributed by atoms with Crippen molar-refractivity contribution in [2.75, 3.05) is 6.54 Å². The molecule has 1 N–H and O–H groups in total. The van der Waals surface area contributed by atoms with Crippen LogP contribution in [0.25, 0.3) is 0 Å². The summed E-state index contributed by atoms with van der Waals surface area (Å²) in [5.41, 5.74) is 1.76. The Morgan fingerprint density at radius 1 is 1.05 bits per heavy atom. The summed E-state index contributed by atoms with van der Waals surface area (Å²) in [7, 11) is -3.52. The third kappa shape index (κ3) is 4.62. The standard InChI is InChI=1S/C15H15BrFNO2S/c16-11-13-4-6-15(7-5-13)21(19,20)18-9-8-12-2-1-3-14(17)10-12/h1-7,10,18H,8-9,11H2. The Morgan fingerprint density at radius 2 is 1.76 bits per heavy atom. The van der Waals surface area contributed by atoms with E-state index < -0.39 is 10.0 Å². The molecule has 6 heteroatoms. The highest BCUT2D eigenvalue weighted by Gasteiger charge is 2.12. The summed E-state index contributed by atoms with van der Waals surface area (Å²) in [6, 6.07) is 12.8. The summed E-state index contributed by atoms with van der Waals surface area (Å²) in [5.74, 6) is -0.319. The van der Waals surface area contributed by atoms with Gasteiger partial charge in [-0.25, -0.2) is 17.5 Å². The normalized spacial score (nSPS) is 11.5. The van der Waals surface area contributed by atoms with Crippen molar-refractivity contribution in [1.82, 2.24) is 4.72 Å². The number of sulfonamides is 1. The van der Waals surface area contributed by atoms with Crippen LogP contribution >= 0.6 is 15.9 Å². The molecule has 0 aliphatic carbocycles. The van der Waals surface area contributed by atoms with E-state index in [1.54, 1.807) is 36.4 Å². The SMILES string of the molecule is O=S(=O)(NCCc1cccc(F)c1)c1ccc(CBr)cc1. The molecule has 0 heterocycles. The van der Waals surface area contributed by atoms with E-state index in [9.17, 15) is 12.8 Å². The van der Waals surface area contributed by atoms with Gasteiger partial charge in [-0.1, -0.05) is 40.2 Å². The molecule has 0 bridgehead atoms. The first-order valence-electron chi connectivity index (χ1n) is 6.40. The van der Waals surface area contributed by atoms with Gasteiger partial charge in [0.05, 0.1) is 4.90 Å². The van der Waals surface area contributed by atoms with Crippen molar-refractivity contribution in [3.8, 4) is 0 Å². The van der Waals surface area contributed by atoms with Crippen molar-refractivity contribution < 1.29 is 12.8 Å². The minimum Gasteiger partial charge on any atom is -0.211 e. The van der Waals surface area contributed by atoms with Crippen LogP contribution in [-0.2, 0) is 21.8 Å². The maximum atomic E-state index is 13.0. The molecule has 0 amide bonds. The number of halogens is 2. The van der Waals surface area contributed by atoms with Gasteiger partial charge in [-0.2, -0.15) is 0 Å². The fourth-order valence-corrected chi connectivity index (χ4v) is 3.27. The fraction of sp³-hybridized carbons (Fsp3) is 0.200. The van der Waals surface area contributed by atoms with Gasteiger partial charge < -0.3 is 0 Å². The van der Waals surface area contributed by atoms with Crippen molar-refractivity contribution >= 4 is 26.0 Å². The lowest BCUT2D eigenvalue weighted by Gasteiger charge is -2.07. The average molecular weight is 372 g/mol. The third-order valence-corrected chi connectivity index (χ3v) is 5.11. The van der Waals surface area contributed by atoms with Crippen molar-refractivity contribution in [3.63, 3.8) is 0 Å². The Kier molecular flexibility index (Phi) is 5.50. The predicted molar refractivity (Wildman–Crippen MR) is 84.4 cm³/mol. The molecule has 0 aromatic heterocycles. The summed E-state index contributed by atoms with van der Waals surface area (Å²) < 4.78 is 39.7. The van der Waals surface area contributed by atoms with Crippen LogP contribution < -0.4 is 4.72 Å². The molecule has 21 heavy (non-hydrogen) atoms. The van der Waals surface area contributed by atoms with Crippen LogP contribution in [0.3, 0.4) is 0 Å². The summed E-state index contributed by atoms with van der Waals surface area (Å²) in [6.45, 7) is 0.228. The first-order chi connectivity index (χ1) is 10.0. The van der Waals surface area contributed by atoms with Crippen LogP contribution in [0.5, 0.6) is 0 Å². The predicted octanol–water partition coefficient (Wildman–Crippen LogP) is 3.24. The Hall–Kier alpha value is -1.24. The zero-order valence-corrected chi connectivity index (χ0v) is 13.6. The van der Waals surface area contributed by atoms with Crippen molar-refractivity contribution in [1.29, 1.82) is 0 Å². The molecule has 0 unspecified atom stereocenters. The van der Waals surface area contributed by atoms with Crippen LogP contribution in [0.4, 0.5) is 4.39 Å². The zero-order chi connectivity index (χ0) is 15.3. The number of benzene rings is 2. The van der Waals surface area contributed by atoms with E-state index >= 15 is 0 Å². The van der Waals surface area contributed by atoms with Crippen LogP contribution in [-0.4, -0.2) is 15.0 Å². The van der Waals surface area contributed by atoms with Crippen LogP contribution in [0, 0.1) is 5.82 Å². The van der Waals surface area contributed by atoms with E-state index in [4.69, 9.17) is 0 Å². The molecule has 2 rings (SSSR count). The monoisotopic (exact) mass is 371 g/mol. The van der Waals surface area contributed by atoms with Crippen LogP contribution in [0.2, 0.25) is 0 Å². The molecule has 0 aliphatic heterocycles. The van der Waals surface area contributed by atoms with Crippen molar-refractivity contribution in [2.24, 2.45) is 0 Å². The van der Waals surface area contributed by atoms with Gasteiger partial charge in [0.15, 0.2) is 0 Å². The second-order valence-electron chi connectivity index (χ2n) is 4.56. The largest absolute Gasteiger partial charge is 0.240 e. The van der Waals surface area contributed by atoms with Crippen LogP contribution in [0.15, 0.2) is 53.4 Å². The van der Waals surface area contributed by atoms with Gasteiger partial charge in [-0.15, -0.1) is 0 Å². The Balaban J connectivity index is 1.97. The van der Waals surface area contributed by atoms with E-state index in [2.05, 4.69) is 20.7 Å². The molecule has 0 radical (unpaired) electrons. The summed E-state index contributed by atoms with van der Waals surface area (Å²) in [6.07, 6.45) is 0.441. The van der Waals surface area contributed by atoms with Crippen molar-refractivity contribution in [2.45, 2.75) is 16.6 Å². The maximum absolute atomic E-state index is 13.0. The molecule has 0 aliphatic rings. The highest BCUT2D eigenvalue weighted by molar-refractivity contribution is 9.08. The van der Waals surface area contributed by atoms with Gasteiger partial charge in [-0.3, -0.25) is 0 Å². The number of hydrogen-bond donors (Lipinski definition) is 1. The molecular weight excluding hydrogens is 357 g/mol. The van der Waals surface area contributed by atoms with E-state index in [-0.39, 0.29) is 17.3 Å². The zero-order valence-electron chi connectivity index (χ0n) is 11.2. The third-order valence-electron chi connectivity index (χ3n) is 2.98. The summed E-state index contributed by atoms with van der Waals surface area (Å²) in [5, 5.41) is 0.681. The Labute approximate surface area is 132 Å². The van der Waals surface area contributed by atoms with Crippen LogP contribution in [0.1, 0.15) is 11.1 Å². The number of hydrogen-bond acceptors (Lipinski definition) is 2. The van der Waals surface area contributed by atoms with Gasteiger partial charge in [-0.05, 0) is 41.8 Å². The lowest BCUT2D eigenvalue weighted by molar-refractivity contribution is 0.581. The lowest BCUT2D eigenvalue weighted by Crippen LogP contribution is -2.26. The molecule has 112 valence electrons. The number of nitrogens with one attached hydrogen (secondary N) is 1. The Bertz CT molecular complexity index is 702. The second-order valence-corrected chi connectivity index (χ2v) is 6.88. The first kappa shape index (κ1) is 16.1. The maximum Gasteiger partial charge on any atom is 0.240 e. The molecule has 2 aromatic rings. The van der Waals surface area contributed by atoms with Gasteiger partial charge >= 0.3 is 0 Å². The quantitative estimate of drug-likeness (QED) is 0.792. The topological polar surface area (TPSA) is 46.2 Å². The highest BCUT2D eigenvalue weighted by Crippen LogP contribution is 2.12. The fourth-order valence-electron chi connectivity index (χ4n) is 1.86. The van der Waals surface area contributed by atoms with Crippen molar-refractivity contribution in [3.05, 3.63) is 65.5 Å². The molecule has 3 nitrogen and oxygen atoms in total. The highest BCUT2D eigenvalue weighted by atomic mass is 79.9. The molecule has 0 fully saturated rings. The molecule has 0 saturated carbocycles. The van der Waals surface area contributed by atoms with Gasteiger partial charge in [0.2, 0.25) is 10.0 Å². The van der Waals surface area contributed by atoms with Gasteiger partial charge in [0.25, 0.3) is 0 Å². The number of alkyl halides is 1. The van der Waals surface area contributed by atoms with Gasteiger partial charge in [0, 0.05) is 11.9 Å². The smallest absolute Gasteiger partial charge is 0.211 e. The van der Waals surface area contributed by atoms with Gasteiger partial charge in [0.1, 0.15) is 5.82 Å². The minimum atomic E-state index is -3.52. The molecule has 0 spiro atoms. The molecule has 0 saturated heterocycles. The first-order valence-corrected chi connectivity index (χ1v) is 9.01. The molecular formula is C15H15BrFNO2S. The molecule has 0 atom stereocenters. The van der Waals surface area contributed by atoms with E-state index in [0.717, 1.165) is 11.1 Å². The second kappa shape index (κ2) is 7.15.